The van der Waals surface area contributed by atoms with Crippen LogP contribution in [0.3, 0.4) is 0 Å². The van der Waals surface area contributed by atoms with Crippen LogP contribution in [0.25, 0.3) is 0 Å². The van der Waals surface area contributed by atoms with E-state index in [4.69, 9.17) is 15.1 Å². The normalized spacial score (nSPS) is 10.0. The Kier molecular flexibility index (Phi) is 6.29. The number of ether oxygens (including phenoxy) is 1. The van der Waals surface area contributed by atoms with E-state index in [1.165, 1.54) is 18.2 Å². The van der Waals surface area contributed by atoms with Gasteiger partial charge in [-0.1, -0.05) is 18.2 Å². The van der Waals surface area contributed by atoms with Crippen molar-refractivity contribution in [2.24, 2.45) is 0 Å². The molecule has 2 aromatic carbocycles. The van der Waals surface area contributed by atoms with Gasteiger partial charge in [-0.15, -0.1) is 0 Å². The van der Waals surface area contributed by atoms with Gasteiger partial charge in [-0.05, 0) is 29.8 Å². The summed E-state index contributed by atoms with van der Waals surface area (Å²) in [7, 11) is 0. The Balaban J connectivity index is 1.93. The maximum absolute atomic E-state index is 13.1. The van der Waals surface area contributed by atoms with E-state index >= 15 is 0 Å². The molecule has 0 spiro atoms. The first-order valence-corrected chi connectivity index (χ1v) is 7.40. The summed E-state index contributed by atoms with van der Waals surface area (Å²) >= 11 is 0. The minimum Gasteiger partial charge on any atom is -0.489 e. The van der Waals surface area contributed by atoms with Crippen molar-refractivity contribution in [3.8, 4) is 11.8 Å². The standard InChI is InChI=1S/C18H17FN2O3/c19-16-4-3-14(15(10-16)11-20)12-24-17-5-1-13(2-6-17)9-18(23)21-7-8-22/h1-6,10,22H,7-9,12H2,(H,21,23). The largest absolute Gasteiger partial charge is 0.489 e. The van der Waals surface area contributed by atoms with E-state index in [9.17, 15) is 9.18 Å². The van der Waals surface area contributed by atoms with Crippen molar-refractivity contribution in [1.29, 1.82) is 5.26 Å². The van der Waals surface area contributed by atoms with Gasteiger partial charge in [0.15, 0.2) is 0 Å². The summed E-state index contributed by atoms with van der Waals surface area (Å²) in [6.45, 7) is 0.297. The third-order valence-electron chi connectivity index (χ3n) is 3.31. The Bertz CT molecular complexity index is 739. The molecular formula is C18H17FN2O3. The highest BCUT2D eigenvalue weighted by atomic mass is 19.1. The van der Waals surface area contributed by atoms with Gasteiger partial charge in [-0.3, -0.25) is 4.79 Å². The second-order valence-corrected chi connectivity index (χ2v) is 5.10. The van der Waals surface area contributed by atoms with Gasteiger partial charge in [0, 0.05) is 12.1 Å². The van der Waals surface area contributed by atoms with E-state index in [0.29, 0.717) is 11.3 Å². The van der Waals surface area contributed by atoms with Gasteiger partial charge >= 0.3 is 0 Å². The molecule has 1 amide bonds. The van der Waals surface area contributed by atoms with Crippen molar-refractivity contribution >= 4 is 5.91 Å². The van der Waals surface area contributed by atoms with Crippen molar-refractivity contribution < 1.29 is 19.0 Å². The van der Waals surface area contributed by atoms with Crippen molar-refractivity contribution in [1.82, 2.24) is 5.32 Å². The Labute approximate surface area is 139 Å². The molecule has 0 radical (unpaired) electrons. The van der Waals surface area contributed by atoms with Crippen molar-refractivity contribution in [3.05, 3.63) is 65.0 Å². The molecule has 2 rings (SSSR count). The lowest BCUT2D eigenvalue weighted by atomic mass is 10.1. The molecule has 0 unspecified atom stereocenters. The van der Waals surface area contributed by atoms with Crippen LogP contribution in [0.1, 0.15) is 16.7 Å². The van der Waals surface area contributed by atoms with E-state index in [1.54, 1.807) is 24.3 Å². The predicted molar refractivity (Wildman–Crippen MR) is 85.7 cm³/mol. The molecule has 0 saturated carbocycles. The van der Waals surface area contributed by atoms with Crippen LogP contribution in [0.15, 0.2) is 42.5 Å². The first-order valence-electron chi connectivity index (χ1n) is 7.40. The molecule has 0 heterocycles. The van der Waals surface area contributed by atoms with Gasteiger partial charge in [0.05, 0.1) is 24.7 Å². The summed E-state index contributed by atoms with van der Waals surface area (Å²) in [6, 6.07) is 12.9. The molecule has 2 N–H and O–H groups in total. The quantitative estimate of drug-likeness (QED) is 0.813. The average Bonchev–Trinajstić information content (AvgIpc) is 2.60. The highest BCUT2D eigenvalue weighted by Gasteiger charge is 2.06. The van der Waals surface area contributed by atoms with Gasteiger partial charge < -0.3 is 15.2 Å². The molecular weight excluding hydrogens is 311 g/mol. The molecule has 24 heavy (non-hydrogen) atoms. The Hall–Kier alpha value is -2.91. The lowest BCUT2D eigenvalue weighted by Gasteiger charge is -2.09. The second-order valence-electron chi connectivity index (χ2n) is 5.10. The van der Waals surface area contributed by atoms with E-state index in [-0.39, 0.29) is 37.6 Å². The molecule has 2 aromatic rings. The Morgan fingerprint density at radius 2 is 2.00 bits per heavy atom. The zero-order valence-electron chi connectivity index (χ0n) is 13.0. The highest BCUT2D eigenvalue weighted by molar-refractivity contribution is 5.78. The number of rotatable bonds is 7. The fourth-order valence-electron chi connectivity index (χ4n) is 2.09. The van der Waals surface area contributed by atoms with Crippen molar-refractivity contribution in [3.63, 3.8) is 0 Å². The minimum atomic E-state index is -0.459. The molecule has 0 aliphatic rings. The summed E-state index contributed by atoms with van der Waals surface area (Å²) in [4.78, 5) is 11.6. The molecule has 5 nitrogen and oxygen atoms in total. The molecule has 6 heteroatoms. The second kappa shape index (κ2) is 8.65. The van der Waals surface area contributed by atoms with E-state index in [1.807, 2.05) is 6.07 Å². The van der Waals surface area contributed by atoms with Gasteiger partial charge in [0.25, 0.3) is 0 Å². The molecule has 0 bridgehead atoms. The van der Waals surface area contributed by atoms with Crippen LogP contribution in [0.5, 0.6) is 5.75 Å². The summed E-state index contributed by atoms with van der Waals surface area (Å²) in [6.07, 6.45) is 0.219. The minimum absolute atomic E-state index is 0.0907. The number of hydrogen-bond donors (Lipinski definition) is 2. The van der Waals surface area contributed by atoms with Crippen LogP contribution in [0.2, 0.25) is 0 Å². The van der Waals surface area contributed by atoms with Crippen LogP contribution in [0, 0.1) is 17.1 Å². The van der Waals surface area contributed by atoms with E-state index < -0.39 is 5.82 Å². The van der Waals surface area contributed by atoms with Crippen LogP contribution in [-0.4, -0.2) is 24.2 Å². The highest BCUT2D eigenvalue weighted by Crippen LogP contribution is 2.17. The Morgan fingerprint density at radius 1 is 1.25 bits per heavy atom. The zero-order chi connectivity index (χ0) is 17.4. The molecule has 0 aliphatic carbocycles. The van der Waals surface area contributed by atoms with Gasteiger partial charge in [-0.25, -0.2) is 4.39 Å². The topological polar surface area (TPSA) is 82.3 Å². The fraction of sp³-hybridized carbons (Fsp3) is 0.222. The first kappa shape index (κ1) is 17.4. The summed E-state index contributed by atoms with van der Waals surface area (Å²) in [5.74, 6) is -0.0375. The smallest absolute Gasteiger partial charge is 0.224 e. The number of aliphatic hydroxyl groups excluding tert-OH is 1. The number of benzene rings is 2. The molecule has 0 aliphatic heterocycles. The number of carbonyl (C=O) groups excluding carboxylic acids is 1. The third-order valence-corrected chi connectivity index (χ3v) is 3.31. The number of amides is 1. The SMILES string of the molecule is N#Cc1cc(F)ccc1COc1ccc(CC(=O)NCCO)cc1. The van der Waals surface area contributed by atoms with Crippen LogP contribution in [-0.2, 0) is 17.8 Å². The number of nitrogens with zero attached hydrogens (tertiary/aromatic N) is 1. The van der Waals surface area contributed by atoms with Gasteiger partial charge in [-0.2, -0.15) is 5.26 Å². The van der Waals surface area contributed by atoms with Gasteiger partial charge in [0.1, 0.15) is 18.2 Å². The monoisotopic (exact) mass is 328 g/mol. The fourth-order valence-corrected chi connectivity index (χ4v) is 2.09. The zero-order valence-corrected chi connectivity index (χ0v) is 13.0. The first-order chi connectivity index (χ1) is 11.6. The van der Waals surface area contributed by atoms with Crippen LogP contribution < -0.4 is 10.1 Å². The van der Waals surface area contributed by atoms with E-state index in [0.717, 1.165) is 5.56 Å². The summed E-state index contributed by atoms with van der Waals surface area (Å²) in [5, 5.41) is 20.2. The molecule has 0 saturated heterocycles. The number of aliphatic hydroxyl groups is 1. The van der Waals surface area contributed by atoms with Crippen LogP contribution in [0.4, 0.5) is 4.39 Å². The lowest BCUT2D eigenvalue weighted by Crippen LogP contribution is -2.27. The number of hydrogen-bond acceptors (Lipinski definition) is 4. The summed E-state index contributed by atoms with van der Waals surface area (Å²) < 4.78 is 18.7. The number of nitrogens with one attached hydrogen (secondary N) is 1. The molecule has 0 fully saturated rings. The number of carbonyl (C=O) groups is 1. The van der Waals surface area contributed by atoms with Crippen molar-refractivity contribution in [2.45, 2.75) is 13.0 Å². The summed E-state index contributed by atoms with van der Waals surface area (Å²) in [5.41, 5.74) is 1.66. The average molecular weight is 328 g/mol. The maximum Gasteiger partial charge on any atom is 0.224 e. The molecule has 0 aromatic heterocycles. The predicted octanol–water partition coefficient (Wildman–Crippen LogP) is 1.93. The lowest BCUT2D eigenvalue weighted by molar-refractivity contribution is -0.120. The molecule has 0 atom stereocenters. The van der Waals surface area contributed by atoms with Crippen molar-refractivity contribution in [2.75, 3.05) is 13.2 Å². The Morgan fingerprint density at radius 3 is 2.67 bits per heavy atom. The number of nitriles is 1. The number of halogens is 1. The van der Waals surface area contributed by atoms with Crippen LogP contribution >= 0.6 is 0 Å². The third kappa shape index (κ3) is 5.07. The maximum atomic E-state index is 13.1. The van der Waals surface area contributed by atoms with E-state index in [2.05, 4.69) is 5.32 Å². The molecule has 124 valence electrons. The van der Waals surface area contributed by atoms with Gasteiger partial charge in [0.2, 0.25) is 5.91 Å².